The molecule has 2 aromatic rings. The highest BCUT2D eigenvalue weighted by Gasteiger charge is 2.26. The molecule has 0 saturated carbocycles. The largest absolute Gasteiger partial charge is 0.371 e. The van der Waals surface area contributed by atoms with Gasteiger partial charge in [-0.15, -0.1) is 0 Å². The zero-order valence-electron chi connectivity index (χ0n) is 17.9. The fraction of sp³-hybridized carbons (Fsp3) is 0.520. The summed E-state index contributed by atoms with van der Waals surface area (Å²) in [4.78, 5) is 21.6. The molecule has 0 bridgehead atoms. The maximum absolute atomic E-state index is 12.7. The van der Waals surface area contributed by atoms with E-state index in [9.17, 15) is 4.79 Å². The van der Waals surface area contributed by atoms with Gasteiger partial charge in [-0.2, -0.15) is 0 Å². The number of nitrogens with one attached hydrogen (secondary N) is 1. The van der Waals surface area contributed by atoms with Crippen molar-refractivity contribution in [1.82, 2.24) is 15.2 Å². The van der Waals surface area contributed by atoms with Crippen molar-refractivity contribution in [2.45, 2.75) is 32.1 Å². The lowest BCUT2D eigenvalue weighted by Gasteiger charge is -2.34. The number of hydrogen-bond donors (Lipinski definition) is 1. The van der Waals surface area contributed by atoms with Gasteiger partial charge in [0.05, 0.1) is 5.92 Å². The second-order valence-corrected chi connectivity index (χ2v) is 8.76. The normalized spacial score (nSPS) is 20.8. The van der Waals surface area contributed by atoms with Gasteiger partial charge >= 0.3 is 0 Å². The molecule has 30 heavy (non-hydrogen) atoms. The molecule has 2 aliphatic rings. The van der Waals surface area contributed by atoms with Gasteiger partial charge in [0.15, 0.2) is 0 Å². The molecule has 2 aliphatic heterocycles. The van der Waals surface area contributed by atoms with Crippen molar-refractivity contribution in [2.75, 3.05) is 44.2 Å². The molecule has 4 rings (SSSR count). The Bertz CT molecular complexity index is 774. The van der Waals surface area contributed by atoms with Gasteiger partial charge in [-0.25, -0.2) is 0 Å². The number of aromatic nitrogens is 1. The van der Waals surface area contributed by atoms with E-state index >= 15 is 0 Å². The third-order valence-electron chi connectivity index (χ3n) is 6.62. The summed E-state index contributed by atoms with van der Waals surface area (Å²) in [6.45, 7) is 5.84. The van der Waals surface area contributed by atoms with Gasteiger partial charge < -0.3 is 15.1 Å². The van der Waals surface area contributed by atoms with Gasteiger partial charge in [0.25, 0.3) is 0 Å². The molecule has 5 nitrogen and oxygen atoms in total. The van der Waals surface area contributed by atoms with Crippen LogP contribution in [0.3, 0.4) is 0 Å². The van der Waals surface area contributed by atoms with Gasteiger partial charge in [-0.1, -0.05) is 30.3 Å². The minimum Gasteiger partial charge on any atom is -0.371 e. The predicted molar refractivity (Wildman–Crippen MR) is 121 cm³/mol. The second-order valence-electron chi connectivity index (χ2n) is 8.76. The van der Waals surface area contributed by atoms with Crippen LogP contribution < -0.4 is 10.2 Å². The molecule has 1 aromatic carbocycles. The van der Waals surface area contributed by atoms with E-state index in [-0.39, 0.29) is 11.8 Å². The van der Waals surface area contributed by atoms with Crippen molar-refractivity contribution in [2.24, 2.45) is 11.8 Å². The molecular weight excluding hydrogens is 372 g/mol. The van der Waals surface area contributed by atoms with E-state index in [0.29, 0.717) is 0 Å². The monoisotopic (exact) mass is 406 g/mol. The summed E-state index contributed by atoms with van der Waals surface area (Å²) in [5.41, 5.74) is 2.62. The number of rotatable bonds is 7. The minimum atomic E-state index is 0.0866. The van der Waals surface area contributed by atoms with Crippen LogP contribution in [0.4, 0.5) is 5.69 Å². The third-order valence-corrected chi connectivity index (χ3v) is 6.62. The predicted octanol–water partition coefficient (Wildman–Crippen LogP) is 3.37. The fourth-order valence-corrected chi connectivity index (χ4v) is 4.82. The number of nitrogens with zero attached hydrogens (tertiary/aromatic N) is 3. The van der Waals surface area contributed by atoms with Crippen LogP contribution >= 0.6 is 0 Å². The number of anilines is 1. The van der Waals surface area contributed by atoms with Crippen molar-refractivity contribution in [3.63, 3.8) is 0 Å². The summed E-state index contributed by atoms with van der Waals surface area (Å²) in [5, 5.41) is 3.20. The SMILES string of the molecule is O=C(NCCN1CCC(Cc2ccccc2)CC1)[C@@H]1CCCN(c2ccncc2)C1. The van der Waals surface area contributed by atoms with Gasteiger partial charge in [0.1, 0.15) is 0 Å². The molecule has 3 heterocycles. The standard InChI is InChI=1S/C25H34N4O/c30-25(23-7-4-15-29(20-23)24-8-12-26-13-9-24)27-14-18-28-16-10-22(11-17-28)19-21-5-2-1-3-6-21/h1-3,5-6,8-9,12-13,22-23H,4,7,10-11,14-20H2,(H,27,30)/t23-/m1/s1. The third kappa shape index (κ3) is 5.82. The number of piperidine rings is 2. The average Bonchev–Trinajstić information content (AvgIpc) is 2.81. The zero-order chi connectivity index (χ0) is 20.6. The first-order chi connectivity index (χ1) is 14.8. The van der Waals surface area contributed by atoms with E-state index in [1.165, 1.54) is 30.5 Å². The Morgan fingerprint density at radius 1 is 1.00 bits per heavy atom. The molecule has 0 radical (unpaired) electrons. The van der Waals surface area contributed by atoms with Crippen molar-refractivity contribution in [3.8, 4) is 0 Å². The summed E-state index contributed by atoms with van der Waals surface area (Å²) in [7, 11) is 0. The van der Waals surface area contributed by atoms with Gasteiger partial charge in [-0.05, 0) is 68.8 Å². The highest BCUT2D eigenvalue weighted by atomic mass is 16.1. The van der Waals surface area contributed by atoms with Crippen LogP contribution in [0.25, 0.3) is 0 Å². The van der Waals surface area contributed by atoms with Crippen LogP contribution in [0.15, 0.2) is 54.9 Å². The molecule has 160 valence electrons. The number of likely N-dealkylation sites (tertiary alicyclic amines) is 1. The zero-order valence-corrected chi connectivity index (χ0v) is 17.9. The van der Waals surface area contributed by atoms with Gasteiger partial charge in [-0.3, -0.25) is 9.78 Å². The molecule has 0 spiro atoms. The topological polar surface area (TPSA) is 48.5 Å². The molecule has 0 unspecified atom stereocenters. The number of amides is 1. The first-order valence-electron chi connectivity index (χ1n) is 11.5. The second kappa shape index (κ2) is 10.6. The van der Waals surface area contributed by atoms with E-state index in [4.69, 9.17) is 0 Å². The van der Waals surface area contributed by atoms with Crippen molar-refractivity contribution in [1.29, 1.82) is 0 Å². The minimum absolute atomic E-state index is 0.0866. The molecule has 5 heteroatoms. The Hall–Kier alpha value is -2.40. The number of benzene rings is 1. The van der Waals surface area contributed by atoms with Gasteiger partial charge in [0.2, 0.25) is 5.91 Å². The number of carbonyl (C=O) groups is 1. The lowest BCUT2D eigenvalue weighted by atomic mass is 9.90. The summed E-state index contributed by atoms with van der Waals surface area (Å²) in [6.07, 6.45) is 9.40. The first kappa shape index (κ1) is 20.9. The molecule has 1 amide bonds. The van der Waals surface area contributed by atoms with Crippen molar-refractivity contribution < 1.29 is 4.79 Å². The summed E-state index contributed by atoms with van der Waals surface area (Å²) >= 11 is 0. The van der Waals surface area contributed by atoms with E-state index in [2.05, 4.69) is 50.4 Å². The number of carbonyl (C=O) groups excluding carboxylic acids is 1. The van der Waals surface area contributed by atoms with Crippen LogP contribution in [-0.2, 0) is 11.2 Å². The summed E-state index contributed by atoms with van der Waals surface area (Å²) in [5.74, 6) is 1.09. The molecular formula is C25H34N4O. The van der Waals surface area contributed by atoms with E-state index < -0.39 is 0 Å². The number of pyridine rings is 1. The molecule has 2 saturated heterocycles. The molecule has 1 atom stereocenters. The Morgan fingerprint density at radius 3 is 2.53 bits per heavy atom. The smallest absolute Gasteiger partial charge is 0.224 e. The molecule has 1 aromatic heterocycles. The maximum Gasteiger partial charge on any atom is 0.224 e. The first-order valence-corrected chi connectivity index (χ1v) is 11.5. The highest BCUT2D eigenvalue weighted by molar-refractivity contribution is 5.79. The fourth-order valence-electron chi connectivity index (χ4n) is 4.82. The maximum atomic E-state index is 12.7. The highest BCUT2D eigenvalue weighted by Crippen LogP contribution is 2.23. The lowest BCUT2D eigenvalue weighted by Crippen LogP contribution is -2.45. The average molecular weight is 407 g/mol. The van der Waals surface area contributed by atoms with Crippen LogP contribution in [-0.4, -0.2) is 55.1 Å². The van der Waals surface area contributed by atoms with Crippen LogP contribution in [0.2, 0.25) is 0 Å². The van der Waals surface area contributed by atoms with E-state index in [0.717, 1.165) is 58.0 Å². The summed E-state index contributed by atoms with van der Waals surface area (Å²) in [6, 6.07) is 14.9. The molecule has 0 aliphatic carbocycles. The Morgan fingerprint density at radius 2 is 1.77 bits per heavy atom. The van der Waals surface area contributed by atoms with Crippen molar-refractivity contribution in [3.05, 3.63) is 60.4 Å². The quantitative estimate of drug-likeness (QED) is 0.766. The van der Waals surface area contributed by atoms with E-state index in [1.54, 1.807) is 0 Å². The number of hydrogen-bond acceptors (Lipinski definition) is 4. The Balaban J connectivity index is 1.15. The Kier molecular flexibility index (Phi) is 7.35. The van der Waals surface area contributed by atoms with Gasteiger partial charge in [0, 0.05) is 44.3 Å². The molecule has 1 N–H and O–H groups in total. The Labute approximate surface area is 180 Å². The summed E-state index contributed by atoms with van der Waals surface area (Å²) < 4.78 is 0. The lowest BCUT2D eigenvalue weighted by molar-refractivity contribution is -0.125. The molecule has 2 fully saturated rings. The van der Waals surface area contributed by atoms with E-state index in [1.807, 2.05) is 24.5 Å². The van der Waals surface area contributed by atoms with Crippen LogP contribution in [0.5, 0.6) is 0 Å². The van der Waals surface area contributed by atoms with Crippen LogP contribution in [0.1, 0.15) is 31.2 Å². The van der Waals surface area contributed by atoms with Crippen LogP contribution in [0, 0.1) is 11.8 Å². The van der Waals surface area contributed by atoms with Crippen molar-refractivity contribution >= 4 is 11.6 Å².